The summed E-state index contributed by atoms with van der Waals surface area (Å²) in [4.78, 5) is 41.3. The second-order valence-electron chi connectivity index (χ2n) is 9.46. The van der Waals surface area contributed by atoms with Crippen LogP contribution in [-0.4, -0.2) is 75.3 Å². The van der Waals surface area contributed by atoms with Crippen LogP contribution >= 0.6 is 0 Å². The molecule has 3 atom stereocenters. The second-order valence-corrected chi connectivity index (χ2v) is 9.46. The number of amides is 1. The molecule has 0 bridgehead atoms. The van der Waals surface area contributed by atoms with Gasteiger partial charge in [-0.15, -0.1) is 0 Å². The number of esters is 2. The average Bonchev–Trinajstić information content (AvgIpc) is 3.01. The van der Waals surface area contributed by atoms with Gasteiger partial charge >= 0.3 is 11.9 Å². The van der Waals surface area contributed by atoms with Crippen molar-refractivity contribution in [2.75, 3.05) is 40.3 Å². The molecule has 2 heterocycles. The highest BCUT2D eigenvalue weighted by atomic mass is 16.7. The first-order valence-electron chi connectivity index (χ1n) is 13.8. The number of aryl methyl sites for hydroxylation is 1. The van der Waals surface area contributed by atoms with Gasteiger partial charge in [-0.3, -0.25) is 4.79 Å². The van der Waals surface area contributed by atoms with Crippen molar-refractivity contribution in [3.63, 3.8) is 0 Å². The van der Waals surface area contributed by atoms with Crippen LogP contribution in [0.1, 0.15) is 56.1 Å². The maximum Gasteiger partial charge on any atom is 0.334 e. The van der Waals surface area contributed by atoms with E-state index in [1.165, 1.54) is 24.9 Å². The van der Waals surface area contributed by atoms with Crippen LogP contribution in [0.2, 0.25) is 0 Å². The number of hydrogen-bond donors (Lipinski definition) is 1. The van der Waals surface area contributed by atoms with Crippen LogP contribution in [0.5, 0.6) is 11.5 Å². The van der Waals surface area contributed by atoms with E-state index in [0.29, 0.717) is 19.6 Å². The largest absolute Gasteiger partial charge is 0.493 e. The molecule has 1 aliphatic rings. The van der Waals surface area contributed by atoms with Gasteiger partial charge in [0.15, 0.2) is 23.2 Å². The van der Waals surface area contributed by atoms with Crippen molar-refractivity contribution >= 4 is 17.8 Å². The zero-order chi connectivity index (χ0) is 30.0. The highest BCUT2D eigenvalue weighted by molar-refractivity contribution is 5.98. The van der Waals surface area contributed by atoms with Gasteiger partial charge in [0.05, 0.1) is 19.8 Å². The van der Waals surface area contributed by atoms with E-state index in [4.69, 9.17) is 28.4 Å². The van der Waals surface area contributed by atoms with Gasteiger partial charge < -0.3 is 33.7 Å². The SMILES string of the molecule is CCCC1COC[C@H](NC(=O)c2nccc(OC)c2OCOC(=O)COCC)C(=O)OC(C)C1.Cc1ccccc1. The number of ether oxygens (including phenoxy) is 6. The van der Waals surface area contributed by atoms with Gasteiger partial charge in [0.1, 0.15) is 6.61 Å². The molecule has 1 saturated heterocycles. The number of cyclic esters (lactones) is 1. The Bertz CT molecular complexity index is 1080. The molecule has 226 valence electrons. The van der Waals surface area contributed by atoms with E-state index in [9.17, 15) is 14.4 Å². The lowest BCUT2D eigenvalue weighted by Gasteiger charge is -2.20. The summed E-state index contributed by atoms with van der Waals surface area (Å²) < 4.78 is 31.9. The number of methoxy groups -OCH3 is 1. The molecular weight excluding hydrogens is 532 g/mol. The number of carbonyl (C=O) groups is 3. The van der Waals surface area contributed by atoms with E-state index in [-0.39, 0.29) is 42.4 Å². The van der Waals surface area contributed by atoms with Crippen LogP contribution in [0.25, 0.3) is 0 Å². The molecule has 1 aromatic heterocycles. The molecule has 0 aliphatic carbocycles. The predicted octanol–water partition coefficient (Wildman–Crippen LogP) is 3.87. The molecular formula is C30H42N2O9. The summed E-state index contributed by atoms with van der Waals surface area (Å²) in [5.74, 6) is -1.49. The van der Waals surface area contributed by atoms with Gasteiger partial charge in [-0.05, 0) is 39.5 Å². The van der Waals surface area contributed by atoms with Crippen molar-refractivity contribution in [3.05, 3.63) is 53.9 Å². The second kappa shape index (κ2) is 18.6. The Morgan fingerprint density at radius 1 is 1.12 bits per heavy atom. The van der Waals surface area contributed by atoms with Gasteiger partial charge in [0, 0.05) is 25.5 Å². The normalized spacial score (nSPS) is 18.8. The molecule has 0 saturated carbocycles. The number of hydrogen-bond acceptors (Lipinski definition) is 10. The lowest BCUT2D eigenvalue weighted by Crippen LogP contribution is -2.45. The summed E-state index contributed by atoms with van der Waals surface area (Å²) in [6, 6.07) is 10.7. The van der Waals surface area contributed by atoms with E-state index in [2.05, 4.69) is 36.3 Å². The van der Waals surface area contributed by atoms with Crippen molar-refractivity contribution in [2.24, 2.45) is 5.92 Å². The molecule has 0 spiro atoms. The molecule has 1 aromatic carbocycles. The van der Waals surface area contributed by atoms with E-state index < -0.39 is 30.7 Å². The molecule has 1 amide bonds. The number of nitrogens with zero attached hydrogens (tertiary/aromatic N) is 1. The van der Waals surface area contributed by atoms with Crippen molar-refractivity contribution in [2.45, 2.75) is 59.1 Å². The first-order valence-corrected chi connectivity index (χ1v) is 13.8. The minimum atomic E-state index is -1.03. The number of benzene rings is 1. The van der Waals surface area contributed by atoms with Crippen LogP contribution in [-0.2, 0) is 28.5 Å². The van der Waals surface area contributed by atoms with E-state index in [0.717, 1.165) is 12.8 Å². The molecule has 0 radical (unpaired) electrons. The van der Waals surface area contributed by atoms with Crippen LogP contribution in [0.15, 0.2) is 42.6 Å². The summed E-state index contributed by atoms with van der Waals surface area (Å²) >= 11 is 0. The summed E-state index contributed by atoms with van der Waals surface area (Å²) in [5.41, 5.74) is 1.17. The minimum Gasteiger partial charge on any atom is -0.493 e. The Balaban J connectivity index is 0.000000729. The lowest BCUT2D eigenvalue weighted by molar-refractivity contribution is -0.155. The van der Waals surface area contributed by atoms with Crippen molar-refractivity contribution in [3.8, 4) is 11.5 Å². The van der Waals surface area contributed by atoms with Gasteiger partial charge in [0.25, 0.3) is 5.91 Å². The third kappa shape index (κ3) is 12.1. The zero-order valence-corrected chi connectivity index (χ0v) is 24.6. The number of pyridine rings is 1. The van der Waals surface area contributed by atoms with Gasteiger partial charge in [-0.2, -0.15) is 0 Å². The molecule has 1 N–H and O–H groups in total. The smallest absolute Gasteiger partial charge is 0.334 e. The molecule has 3 rings (SSSR count). The fourth-order valence-corrected chi connectivity index (χ4v) is 4.03. The Kier molecular flexibility index (Phi) is 15.2. The Morgan fingerprint density at radius 2 is 1.88 bits per heavy atom. The number of rotatable bonds is 11. The predicted molar refractivity (Wildman–Crippen MR) is 151 cm³/mol. The minimum absolute atomic E-state index is 0.0350. The summed E-state index contributed by atoms with van der Waals surface area (Å²) in [7, 11) is 1.39. The first-order chi connectivity index (χ1) is 19.8. The summed E-state index contributed by atoms with van der Waals surface area (Å²) in [6.07, 6.45) is 3.71. The van der Waals surface area contributed by atoms with Gasteiger partial charge in [-0.25, -0.2) is 14.6 Å². The number of nitrogens with one attached hydrogen (secondary N) is 1. The van der Waals surface area contributed by atoms with E-state index in [1.54, 1.807) is 6.92 Å². The fourth-order valence-electron chi connectivity index (χ4n) is 4.03. The third-order valence-corrected chi connectivity index (χ3v) is 6.00. The zero-order valence-electron chi connectivity index (χ0n) is 24.6. The van der Waals surface area contributed by atoms with E-state index >= 15 is 0 Å². The van der Waals surface area contributed by atoms with Crippen molar-refractivity contribution < 1.29 is 42.8 Å². The molecule has 11 heteroatoms. The monoisotopic (exact) mass is 574 g/mol. The van der Waals surface area contributed by atoms with Crippen LogP contribution in [0, 0.1) is 12.8 Å². The van der Waals surface area contributed by atoms with Gasteiger partial charge in [-0.1, -0.05) is 49.2 Å². The average molecular weight is 575 g/mol. The molecule has 2 unspecified atom stereocenters. The highest BCUT2D eigenvalue weighted by Gasteiger charge is 2.30. The van der Waals surface area contributed by atoms with E-state index in [1.807, 2.05) is 25.1 Å². The molecule has 2 aromatic rings. The molecule has 1 aliphatic heterocycles. The Labute approximate surface area is 241 Å². The highest BCUT2D eigenvalue weighted by Crippen LogP contribution is 2.29. The summed E-state index contributed by atoms with van der Waals surface area (Å²) in [6.45, 7) is 7.84. The fraction of sp³-hybridized carbons (Fsp3) is 0.533. The quantitative estimate of drug-likeness (QED) is 0.312. The van der Waals surface area contributed by atoms with Crippen molar-refractivity contribution in [1.29, 1.82) is 0 Å². The Morgan fingerprint density at radius 3 is 2.51 bits per heavy atom. The molecule has 11 nitrogen and oxygen atoms in total. The van der Waals surface area contributed by atoms with Crippen LogP contribution < -0.4 is 14.8 Å². The number of aromatic nitrogens is 1. The van der Waals surface area contributed by atoms with Crippen LogP contribution in [0.4, 0.5) is 0 Å². The first kappa shape index (κ1) is 33.5. The maximum atomic E-state index is 13.0. The topological polar surface area (TPSA) is 132 Å². The standard InChI is InChI=1S/C23H34N2O9.C7H8/c1-5-7-16-10-15(3)34-23(28)17(12-31-11-16)25-22(27)20-21(18(29-4)8-9-24-20)33-14-32-19(26)13-30-6-2;1-7-5-3-2-4-6-7/h8-9,15-17H,5-7,10-14H2,1-4H3,(H,25,27);2-6H,1H3/t15?,16?,17-;/m0./s1. The lowest BCUT2D eigenvalue weighted by atomic mass is 9.98. The summed E-state index contributed by atoms with van der Waals surface area (Å²) in [5, 5.41) is 2.60. The van der Waals surface area contributed by atoms with Crippen molar-refractivity contribution in [1.82, 2.24) is 10.3 Å². The molecule has 41 heavy (non-hydrogen) atoms. The van der Waals surface area contributed by atoms with Crippen LogP contribution in [0.3, 0.4) is 0 Å². The number of carbonyl (C=O) groups excluding carboxylic acids is 3. The van der Waals surface area contributed by atoms with Gasteiger partial charge in [0.2, 0.25) is 6.79 Å². The molecule has 1 fully saturated rings. The maximum absolute atomic E-state index is 13.0. The third-order valence-electron chi connectivity index (χ3n) is 6.00. The Hall–Kier alpha value is -3.70.